The van der Waals surface area contributed by atoms with Crippen LogP contribution in [0.1, 0.15) is 40.4 Å². The zero-order valence-corrected chi connectivity index (χ0v) is 17.6. The summed E-state index contributed by atoms with van der Waals surface area (Å²) in [5.74, 6) is 0.230. The minimum absolute atomic E-state index is 0.0422. The van der Waals surface area contributed by atoms with Crippen molar-refractivity contribution in [2.24, 2.45) is 5.92 Å². The average Bonchev–Trinajstić information content (AvgIpc) is 2.81. The molecule has 1 aliphatic heterocycles. The van der Waals surface area contributed by atoms with Gasteiger partial charge in [-0.05, 0) is 61.2 Å². The quantitative estimate of drug-likeness (QED) is 0.416. The molecular formula is C26H29N3O2. The summed E-state index contributed by atoms with van der Waals surface area (Å²) in [7, 11) is 0. The molecule has 5 nitrogen and oxygen atoms in total. The van der Waals surface area contributed by atoms with E-state index in [1.165, 1.54) is 23.3 Å². The Morgan fingerprint density at radius 2 is 1.55 bits per heavy atom. The molecule has 0 atom stereocenters. The van der Waals surface area contributed by atoms with Crippen LogP contribution in [0.3, 0.4) is 0 Å². The summed E-state index contributed by atoms with van der Waals surface area (Å²) in [6, 6.07) is 26.0. The lowest BCUT2D eigenvalue weighted by molar-refractivity contribution is 0.0931. The summed E-state index contributed by atoms with van der Waals surface area (Å²) in [5, 5.41) is 12.6. The van der Waals surface area contributed by atoms with Gasteiger partial charge in [-0.25, -0.2) is 0 Å². The van der Waals surface area contributed by atoms with Gasteiger partial charge in [0, 0.05) is 12.2 Å². The van der Waals surface area contributed by atoms with Crippen molar-refractivity contribution >= 4 is 11.6 Å². The van der Waals surface area contributed by atoms with Crippen molar-refractivity contribution < 1.29 is 9.90 Å². The summed E-state index contributed by atoms with van der Waals surface area (Å²) < 4.78 is 0. The third-order valence-corrected chi connectivity index (χ3v) is 6.08. The largest absolute Gasteiger partial charge is 0.508 e. The number of nitrogens with two attached hydrogens (primary N) is 1. The zero-order valence-electron chi connectivity index (χ0n) is 17.6. The summed E-state index contributed by atoms with van der Waals surface area (Å²) >= 11 is 0. The lowest BCUT2D eigenvalue weighted by atomic mass is 9.91. The molecule has 5 heteroatoms. The maximum Gasteiger partial charge on any atom is 0.253 e. The van der Waals surface area contributed by atoms with Gasteiger partial charge in [-0.1, -0.05) is 60.7 Å². The molecule has 0 bridgehead atoms. The number of anilines is 1. The van der Waals surface area contributed by atoms with Crippen molar-refractivity contribution in [3.63, 3.8) is 0 Å². The molecule has 0 unspecified atom stereocenters. The molecular weight excluding hydrogens is 386 g/mol. The van der Waals surface area contributed by atoms with E-state index in [4.69, 9.17) is 5.73 Å². The first-order chi connectivity index (χ1) is 15.1. The summed E-state index contributed by atoms with van der Waals surface area (Å²) in [5.41, 5.74) is 9.19. The van der Waals surface area contributed by atoms with Gasteiger partial charge in [-0.15, -0.1) is 0 Å². The summed E-state index contributed by atoms with van der Waals surface area (Å²) in [4.78, 5) is 15.0. The van der Waals surface area contributed by atoms with Gasteiger partial charge in [0.05, 0.1) is 11.6 Å². The van der Waals surface area contributed by atoms with Crippen LogP contribution >= 0.6 is 0 Å². The Morgan fingerprint density at radius 3 is 2.13 bits per heavy atom. The number of phenols is 1. The standard InChI is InChI=1S/C26H29N3O2/c27-24-12-11-22(30)17-23(24)26(31)28-18-19-13-15-29(16-14-19)25(20-7-3-1-4-8-20)21-9-5-2-6-10-21/h1-12,17,19,25,30H,13-16,18,27H2,(H,28,31). The maximum absolute atomic E-state index is 12.5. The van der Waals surface area contributed by atoms with Crippen LogP contribution < -0.4 is 11.1 Å². The molecule has 160 valence electrons. The smallest absolute Gasteiger partial charge is 0.253 e. The number of benzene rings is 3. The van der Waals surface area contributed by atoms with Gasteiger partial charge in [-0.3, -0.25) is 9.69 Å². The van der Waals surface area contributed by atoms with Crippen LogP contribution in [-0.2, 0) is 0 Å². The van der Waals surface area contributed by atoms with Gasteiger partial charge in [0.25, 0.3) is 5.91 Å². The van der Waals surface area contributed by atoms with Crippen LogP contribution in [0.25, 0.3) is 0 Å². The monoisotopic (exact) mass is 415 g/mol. The van der Waals surface area contributed by atoms with Gasteiger partial charge >= 0.3 is 0 Å². The molecule has 1 heterocycles. The molecule has 1 amide bonds. The van der Waals surface area contributed by atoms with Crippen LogP contribution in [-0.4, -0.2) is 35.5 Å². The number of aromatic hydroxyl groups is 1. The SMILES string of the molecule is Nc1ccc(O)cc1C(=O)NCC1CCN(C(c2ccccc2)c2ccccc2)CC1. The number of hydrogen-bond acceptors (Lipinski definition) is 4. The van der Waals surface area contributed by atoms with Gasteiger partial charge in [0.1, 0.15) is 5.75 Å². The molecule has 0 spiro atoms. The predicted octanol–water partition coefficient (Wildman–Crippen LogP) is 4.21. The molecule has 31 heavy (non-hydrogen) atoms. The Morgan fingerprint density at radius 1 is 0.968 bits per heavy atom. The van der Waals surface area contributed by atoms with Crippen molar-refractivity contribution in [1.29, 1.82) is 0 Å². The molecule has 1 fully saturated rings. The lowest BCUT2D eigenvalue weighted by Gasteiger charge is -2.38. The van der Waals surface area contributed by atoms with Gasteiger partial charge in [0.2, 0.25) is 0 Å². The number of carbonyl (C=O) groups is 1. The summed E-state index contributed by atoms with van der Waals surface area (Å²) in [6.07, 6.45) is 2.04. The number of amides is 1. The highest BCUT2D eigenvalue weighted by Gasteiger charge is 2.27. The predicted molar refractivity (Wildman–Crippen MR) is 124 cm³/mol. The third-order valence-electron chi connectivity index (χ3n) is 6.08. The van der Waals surface area contributed by atoms with Crippen molar-refractivity contribution in [2.45, 2.75) is 18.9 Å². The molecule has 0 aliphatic carbocycles. The van der Waals surface area contributed by atoms with E-state index < -0.39 is 0 Å². The van der Waals surface area contributed by atoms with E-state index in [1.807, 2.05) is 0 Å². The second-order valence-corrected chi connectivity index (χ2v) is 8.18. The van der Waals surface area contributed by atoms with E-state index in [0.29, 0.717) is 23.7 Å². The van der Waals surface area contributed by atoms with Gasteiger partial charge < -0.3 is 16.2 Å². The maximum atomic E-state index is 12.5. The molecule has 0 aromatic heterocycles. The van der Waals surface area contributed by atoms with Crippen molar-refractivity contribution in [3.8, 4) is 5.75 Å². The molecule has 4 rings (SSSR count). The highest BCUT2D eigenvalue weighted by atomic mass is 16.3. The average molecular weight is 416 g/mol. The zero-order chi connectivity index (χ0) is 21.6. The number of rotatable bonds is 6. The molecule has 1 saturated heterocycles. The van der Waals surface area contributed by atoms with Crippen LogP contribution in [0.2, 0.25) is 0 Å². The fourth-order valence-corrected chi connectivity index (χ4v) is 4.37. The minimum atomic E-state index is -0.234. The summed E-state index contributed by atoms with van der Waals surface area (Å²) in [6.45, 7) is 2.57. The minimum Gasteiger partial charge on any atom is -0.508 e. The fourth-order valence-electron chi connectivity index (χ4n) is 4.37. The Hall–Kier alpha value is -3.31. The fraction of sp³-hybridized carbons (Fsp3) is 0.269. The van der Waals surface area contributed by atoms with E-state index in [2.05, 4.69) is 70.9 Å². The second-order valence-electron chi connectivity index (χ2n) is 8.18. The van der Waals surface area contributed by atoms with Crippen LogP contribution in [0, 0.1) is 5.92 Å². The Kier molecular flexibility index (Phi) is 6.53. The second kappa shape index (κ2) is 9.67. The van der Waals surface area contributed by atoms with E-state index >= 15 is 0 Å². The number of nitrogens with one attached hydrogen (secondary N) is 1. The number of hydrogen-bond donors (Lipinski definition) is 3. The molecule has 3 aromatic carbocycles. The number of likely N-dealkylation sites (tertiary alicyclic amines) is 1. The number of carbonyl (C=O) groups excluding carboxylic acids is 1. The molecule has 0 saturated carbocycles. The number of nitrogens with zero attached hydrogens (tertiary/aromatic N) is 1. The first kappa shape index (κ1) is 20.9. The highest BCUT2D eigenvalue weighted by Crippen LogP contribution is 2.32. The van der Waals surface area contributed by atoms with E-state index in [9.17, 15) is 9.90 Å². The van der Waals surface area contributed by atoms with E-state index in [-0.39, 0.29) is 17.7 Å². The Balaban J connectivity index is 1.38. The van der Waals surface area contributed by atoms with E-state index in [1.54, 1.807) is 6.07 Å². The van der Waals surface area contributed by atoms with Crippen LogP contribution in [0.5, 0.6) is 5.75 Å². The molecule has 1 aliphatic rings. The molecule has 0 radical (unpaired) electrons. The number of nitrogen functional groups attached to an aromatic ring is 1. The van der Waals surface area contributed by atoms with Crippen LogP contribution in [0.15, 0.2) is 78.9 Å². The van der Waals surface area contributed by atoms with Gasteiger partial charge in [-0.2, -0.15) is 0 Å². The van der Waals surface area contributed by atoms with Crippen molar-refractivity contribution in [2.75, 3.05) is 25.4 Å². The number of piperidine rings is 1. The lowest BCUT2D eigenvalue weighted by Crippen LogP contribution is -2.40. The van der Waals surface area contributed by atoms with Crippen molar-refractivity contribution in [3.05, 3.63) is 95.6 Å². The van der Waals surface area contributed by atoms with E-state index in [0.717, 1.165) is 25.9 Å². The molecule has 4 N–H and O–H groups in total. The first-order valence-electron chi connectivity index (χ1n) is 10.8. The first-order valence-corrected chi connectivity index (χ1v) is 10.8. The van der Waals surface area contributed by atoms with Gasteiger partial charge in [0.15, 0.2) is 0 Å². The number of phenolic OH excluding ortho intramolecular Hbond substituents is 1. The van der Waals surface area contributed by atoms with Crippen molar-refractivity contribution in [1.82, 2.24) is 10.2 Å². The molecule has 3 aromatic rings. The Labute approximate surface area is 183 Å². The highest BCUT2D eigenvalue weighted by molar-refractivity contribution is 5.99. The third kappa shape index (κ3) is 5.06. The topological polar surface area (TPSA) is 78.6 Å². The Bertz CT molecular complexity index is 960. The normalized spacial score (nSPS) is 15.1. The van der Waals surface area contributed by atoms with Crippen LogP contribution in [0.4, 0.5) is 5.69 Å².